The van der Waals surface area contributed by atoms with Gasteiger partial charge < -0.3 is 0 Å². The van der Waals surface area contributed by atoms with Crippen LogP contribution in [0.3, 0.4) is 0 Å². The summed E-state index contributed by atoms with van der Waals surface area (Å²) in [6, 6.07) is 41.0. The Kier molecular flexibility index (Phi) is 4.68. The van der Waals surface area contributed by atoms with Gasteiger partial charge in [-0.25, -0.2) is 0 Å². The van der Waals surface area contributed by atoms with Crippen molar-refractivity contribution >= 4 is 11.1 Å². The molecule has 0 N–H and O–H groups in total. The molecule has 1 aliphatic rings. The van der Waals surface area contributed by atoms with E-state index < -0.39 is 0 Å². The lowest BCUT2D eigenvalue weighted by atomic mass is 9.88. The van der Waals surface area contributed by atoms with E-state index in [1.165, 1.54) is 39.0 Å². The van der Waals surface area contributed by atoms with Gasteiger partial charge in [0.05, 0.1) is 0 Å². The highest BCUT2D eigenvalue weighted by atomic mass is 14.3. The zero-order valence-electron chi connectivity index (χ0n) is 16.2. The molecule has 5 rings (SSSR count). The SMILES string of the molecule is C1=C(c2ccccc2)C=C(c2ccccc2)C1c1ccc(-c2ccccc2)cc1. The summed E-state index contributed by atoms with van der Waals surface area (Å²) in [5.74, 6) is 0.262. The van der Waals surface area contributed by atoms with E-state index in [1.54, 1.807) is 0 Å². The molecule has 4 aromatic rings. The van der Waals surface area contributed by atoms with Gasteiger partial charge in [-0.1, -0.05) is 121 Å². The summed E-state index contributed by atoms with van der Waals surface area (Å²) in [5.41, 5.74) is 9.04. The van der Waals surface area contributed by atoms with Crippen LogP contribution in [0.25, 0.3) is 22.3 Å². The van der Waals surface area contributed by atoms with Crippen molar-refractivity contribution in [2.75, 3.05) is 0 Å². The minimum absolute atomic E-state index is 0.262. The van der Waals surface area contributed by atoms with Crippen LogP contribution in [-0.2, 0) is 0 Å². The van der Waals surface area contributed by atoms with Crippen LogP contribution in [0, 0.1) is 0 Å². The molecule has 0 saturated carbocycles. The minimum atomic E-state index is 0.262. The molecule has 29 heavy (non-hydrogen) atoms. The molecule has 0 bridgehead atoms. The first-order valence-electron chi connectivity index (χ1n) is 10.1. The van der Waals surface area contributed by atoms with Gasteiger partial charge in [0.15, 0.2) is 0 Å². The van der Waals surface area contributed by atoms with Crippen LogP contribution in [-0.4, -0.2) is 0 Å². The van der Waals surface area contributed by atoms with E-state index in [0.717, 1.165) is 0 Å². The normalized spacial score (nSPS) is 15.7. The van der Waals surface area contributed by atoms with E-state index in [-0.39, 0.29) is 5.92 Å². The Bertz CT molecular complexity index is 1150. The lowest BCUT2D eigenvalue weighted by Crippen LogP contribution is -1.96. The van der Waals surface area contributed by atoms with Crippen molar-refractivity contribution in [1.29, 1.82) is 0 Å². The second-order valence-corrected chi connectivity index (χ2v) is 7.42. The molecule has 0 fully saturated rings. The smallest absolute Gasteiger partial charge is 0.0284 e. The predicted molar refractivity (Wildman–Crippen MR) is 123 cm³/mol. The second kappa shape index (κ2) is 7.77. The first-order chi connectivity index (χ1) is 14.4. The molecular weight excluding hydrogens is 348 g/mol. The molecule has 0 amide bonds. The number of hydrogen-bond donors (Lipinski definition) is 0. The van der Waals surface area contributed by atoms with Gasteiger partial charge in [0.1, 0.15) is 0 Å². The Morgan fingerprint density at radius 1 is 0.414 bits per heavy atom. The monoisotopic (exact) mass is 370 g/mol. The summed E-state index contributed by atoms with van der Waals surface area (Å²) in [6.45, 7) is 0. The maximum Gasteiger partial charge on any atom is 0.0284 e. The molecule has 138 valence electrons. The number of rotatable bonds is 4. The first kappa shape index (κ1) is 17.5. The molecule has 0 spiro atoms. The van der Waals surface area contributed by atoms with Gasteiger partial charge in [-0.15, -0.1) is 0 Å². The highest BCUT2D eigenvalue weighted by molar-refractivity contribution is 5.93. The Morgan fingerprint density at radius 2 is 0.897 bits per heavy atom. The average Bonchev–Trinajstić information content (AvgIpc) is 3.27. The van der Waals surface area contributed by atoms with Crippen LogP contribution in [0.4, 0.5) is 0 Å². The van der Waals surface area contributed by atoms with Crippen molar-refractivity contribution in [3.8, 4) is 11.1 Å². The lowest BCUT2D eigenvalue weighted by Gasteiger charge is -2.15. The van der Waals surface area contributed by atoms with Crippen molar-refractivity contribution in [2.24, 2.45) is 0 Å². The van der Waals surface area contributed by atoms with E-state index in [1.807, 2.05) is 0 Å². The molecule has 1 aliphatic carbocycles. The minimum Gasteiger partial charge on any atom is -0.0647 e. The van der Waals surface area contributed by atoms with Crippen molar-refractivity contribution in [2.45, 2.75) is 5.92 Å². The maximum absolute atomic E-state index is 2.40. The second-order valence-electron chi connectivity index (χ2n) is 7.42. The van der Waals surface area contributed by atoms with E-state index in [2.05, 4.69) is 127 Å². The summed E-state index contributed by atoms with van der Waals surface area (Å²) in [6.07, 6.45) is 4.75. The topological polar surface area (TPSA) is 0 Å². The predicted octanol–water partition coefficient (Wildman–Crippen LogP) is 7.62. The van der Waals surface area contributed by atoms with Gasteiger partial charge in [0.2, 0.25) is 0 Å². The standard InChI is InChI=1S/C29H22/c1-4-10-22(11-5-1)24-16-18-26(19-17-24)29-21-27(23-12-6-2-7-13-23)20-28(29)25-14-8-3-9-15-25/h1-21,29H. The molecule has 4 aromatic carbocycles. The van der Waals surface area contributed by atoms with E-state index in [9.17, 15) is 0 Å². The van der Waals surface area contributed by atoms with Gasteiger partial charge in [0.25, 0.3) is 0 Å². The summed E-state index contributed by atoms with van der Waals surface area (Å²) in [5, 5.41) is 0. The van der Waals surface area contributed by atoms with Gasteiger partial charge in [0, 0.05) is 5.92 Å². The third-order valence-corrected chi connectivity index (χ3v) is 5.58. The number of hydrogen-bond acceptors (Lipinski definition) is 0. The van der Waals surface area contributed by atoms with Crippen LogP contribution < -0.4 is 0 Å². The summed E-state index contributed by atoms with van der Waals surface area (Å²) < 4.78 is 0. The van der Waals surface area contributed by atoms with Gasteiger partial charge in [-0.2, -0.15) is 0 Å². The summed E-state index contributed by atoms with van der Waals surface area (Å²) in [7, 11) is 0. The molecule has 0 heteroatoms. The lowest BCUT2D eigenvalue weighted by molar-refractivity contribution is 1.12. The highest BCUT2D eigenvalue weighted by Crippen LogP contribution is 2.42. The largest absolute Gasteiger partial charge is 0.0647 e. The Labute approximate surface area is 172 Å². The molecule has 0 aromatic heterocycles. The fourth-order valence-corrected chi connectivity index (χ4v) is 4.07. The van der Waals surface area contributed by atoms with Crippen LogP contribution in [0.15, 0.2) is 127 Å². The zero-order valence-corrected chi connectivity index (χ0v) is 16.2. The molecule has 0 aliphatic heterocycles. The Hall–Kier alpha value is -3.64. The number of benzene rings is 4. The van der Waals surface area contributed by atoms with Crippen molar-refractivity contribution < 1.29 is 0 Å². The zero-order chi connectivity index (χ0) is 19.5. The summed E-state index contributed by atoms with van der Waals surface area (Å²) in [4.78, 5) is 0. The van der Waals surface area contributed by atoms with Crippen molar-refractivity contribution in [1.82, 2.24) is 0 Å². The molecule has 0 heterocycles. The van der Waals surface area contributed by atoms with Gasteiger partial charge >= 0.3 is 0 Å². The third kappa shape index (κ3) is 3.58. The van der Waals surface area contributed by atoms with Crippen molar-refractivity contribution in [3.63, 3.8) is 0 Å². The summed E-state index contributed by atoms with van der Waals surface area (Å²) >= 11 is 0. The fourth-order valence-electron chi connectivity index (χ4n) is 4.07. The Morgan fingerprint density at radius 3 is 1.48 bits per heavy atom. The van der Waals surface area contributed by atoms with Crippen LogP contribution in [0.2, 0.25) is 0 Å². The number of allylic oxidation sites excluding steroid dienone is 4. The fraction of sp³-hybridized carbons (Fsp3) is 0.0345. The van der Waals surface area contributed by atoms with E-state index in [4.69, 9.17) is 0 Å². The van der Waals surface area contributed by atoms with Crippen LogP contribution in [0.1, 0.15) is 22.6 Å². The molecule has 0 radical (unpaired) electrons. The van der Waals surface area contributed by atoms with Gasteiger partial charge in [-0.05, 0) is 45.0 Å². The molecule has 0 saturated heterocycles. The van der Waals surface area contributed by atoms with Gasteiger partial charge in [-0.3, -0.25) is 0 Å². The molecule has 0 nitrogen and oxygen atoms in total. The molecule has 1 unspecified atom stereocenters. The highest BCUT2D eigenvalue weighted by Gasteiger charge is 2.22. The molecular formula is C29H22. The van der Waals surface area contributed by atoms with Crippen LogP contribution in [0.5, 0.6) is 0 Å². The quantitative estimate of drug-likeness (QED) is 0.346. The van der Waals surface area contributed by atoms with E-state index >= 15 is 0 Å². The third-order valence-electron chi connectivity index (χ3n) is 5.58. The first-order valence-corrected chi connectivity index (χ1v) is 10.1. The Balaban J connectivity index is 1.54. The van der Waals surface area contributed by atoms with Crippen molar-refractivity contribution in [3.05, 3.63) is 144 Å². The average molecular weight is 370 g/mol. The molecule has 1 atom stereocenters. The van der Waals surface area contributed by atoms with Crippen LogP contribution >= 0.6 is 0 Å². The maximum atomic E-state index is 2.40. The van der Waals surface area contributed by atoms with E-state index in [0.29, 0.717) is 0 Å².